The summed E-state index contributed by atoms with van der Waals surface area (Å²) in [6.45, 7) is 0.614. The van der Waals surface area contributed by atoms with Crippen molar-refractivity contribution in [3.8, 4) is 0 Å². The molecular formula is C19H28N6O2S. The van der Waals surface area contributed by atoms with Crippen LogP contribution < -0.4 is 21.8 Å². The number of hydrogen-bond acceptors (Lipinski definition) is 6. The summed E-state index contributed by atoms with van der Waals surface area (Å²) >= 11 is 1.91. The summed E-state index contributed by atoms with van der Waals surface area (Å²) in [4.78, 5) is 27.4. The summed E-state index contributed by atoms with van der Waals surface area (Å²) in [6.07, 6.45) is 8.36. The van der Waals surface area contributed by atoms with Gasteiger partial charge < -0.3 is 21.8 Å². The Morgan fingerprint density at radius 1 is 1.25 bits per heavy atom. The first-order chi connectivity index (χ1) is 13.7. The largest absolute Gasteiger partial charge is 0.356 e. The van der Waals surface area contributed by atoms with Crippen LogP contribution in [0.2, 0.25) is 0 Å². The minimum Gasteiger partial charge on any atom is -0.356 e. The lowest BCUT2D eigenvalue weighted by Crippen LogP contribution is -2.36. The predicted octanol–water partition coefficient (Wildman–Crippen LogP) is 1.37. The van der Waals surface area contributed by atoms with Crippen molar-refractivity contribution >= 4 is 29.4 Å². The third-order valence-corrected chi connectivity index (χ3v) is 6.67. The molecule has 8 nitrogen and oxygen atoms in total. The monoisotopic (exact) mass is 404 g/mol. The first-order valence-electron chi connectivity index (χ1n) is 9.80. The van der Waals surface area contributed by atoms with Gasteiger partial charge in [-0.3, -0.25) is 9.78 Å². The number of rotatable bonds is 10. The molecule has 152 valence electrons. The lowest BCUT2D eigenvalue weighted by Gasteiger charge is -2.16. The van der Waals surface area contributed by atoms with E-state index in [0.29, 0.717) is 24.6 Å². The van der Waals surface area contributed by atoms with Gasteiger partial charge in [0.25, 0.3) is 0 Å². The minimum atomic E-state index is -0.0496. The normalized spacial score (nSPS) is 23.8. The van der Waals surface area contributed by atoms with Crippen LogP contribution in [0.3, 0.4) is 0 Å². The molecule has 9 heteroatoms. The zero-order chi connectivity index (χ0) is 19.8. The number of urea groups is 1. The first kappa shape index (κ1) is 20.4. The summed E-state index contributed by atoms with van der Waals surface area (Å²) in [5.41, 5.74) is 1.78. The molecule has 2 aliphatic rings. The Kier molecular flexibility index (Phi) is 7.53. The number of nitrogens with two attached hydrogens (primary N) is 1. The number of hydrogen-bond donors (Lipinski definition) is 4. The van der Waals surface area contributed by atoms with Crippen LogP contribution in [-0.2, 0) is 4.79 Å². The fourth-order valence-corrected chi connectivity index (χ4v) is 5.22. The molecule has 3 heterocycles. The number of thioether (sulfide) groups is 1. The zero-order valence-corrected chi connectivity index (χ0v) is 16.7. The van der Waals surface area contributed by atoms with E-state index >= 15 is 0 Å². The van der Waals surface area contributed by atoms with Gasteiger partial charge in [-0.15, -0.1) is 0 Å². The molecule has 0 radical (unpaired) electrons. The third kappa shape index (κ3) is 5.60. The summed E-state index contributed by atoms with van der Waals surface area (Å²) < 4.78 is 0. The number of carbonyl (C=O) groups excluding carboxylic acids is 2. The topological polar surface area (TPSA) is 121 Å². The highest BCUT2D eigenvalue weighted by Gasteiger charge is 2.42. The van der Waals surface area contributed by atoms with Crippen molar-refractivity contribution in [2.75, 3.05) is 12.3 Å². The van der Waals surface area contributed by atoms with E-state index in [2.05, 4.69) is 26.0 Å². The van der Waals surface area contributed by atoms with Crippen LogP contribution in [0.4, 0.5) is 4.79 Å². The van der Waals surface area contributed by atoms with Crippen LogP contribution in [0.25, 0.3) is 0 Å². The van der Waals surface area contributed by atoms with Crippen LogP contribution in [-0.4, -0.2) is 52.3 Å². The van der Waals surface area contributed by atoms with Gasteiger partial charge in [-0.2, -0.15) is 16.9 Å². The zero-order valence-electron chi connectivity index (χ0n) is 15.9. The van der Waals surface area contributed by atoms with Crippen LogP contribution in [0.15, 0.2) is 29.6 Å². The molecule has 0 aliphatic carbocycles. The van der Waals surface area contributed by atoms with Gasteiger partial charge in [0.05, 0.1) is 17.8 Å². The molecule has 3 rings (SSSR count). The number of hydrazone groups is 1. The molecule has 0 aromatic carbocycles. The molecule has 0 spiro atoms. The van der Waals surface area contributed by atoms with Crippen molar-refractivity contribution in [1.82, 2.24) is 20.9 Å². The standard InChI is InChI=1S/C19H28N6O2S/c20-25-14(13-7-10-21-11-8-13)4-3-9-22-17(26)6-2-1-5-16-18-15(12-28-16)23-19(27)24-18/h7-8,10-11,15-16,18H,1-6,9,12,20H2,(H,22,26)(H2,23,24,27)/b25-14-. The molecule has 1 aromatic rings. The molecule has 0 bridgehead atoms. The maximum absolute atomic E-state index is 12.0. The predicted molar refractivity (Wildman–Crippen MR) is 111 cm³/mol. The number of nitrogens with zero attached hydrogens (tertiary/aromatic N) is 2. The highest BCUT2D eigenvalue weighted by atomic mass is 32.2. The summed E-state index contributed by atoms with van der Waals surface area (Å²) in [7, 11) is 0. The Bertz CT molecular complexity index is 699. The number of pyridine rings is 1. The SMILES string of the molecule is N/N=C(/CCCNC(=O)CCCCC1SCC2NC(=O)NC21)c1ccncc1. The molecule has 2 aliphatic heterocycles. The minimum absolute atomic E-state index is 0.0496. The second-order valence-corrected chi connectivity index (χ2v) is 8.40. The number of carbonyl (C=O) groups is 2. The van der Waals surface area contributed by atoms with E-state index in [1.165, 1.54) is 0 Å². The van der Waals surface area contributed by atoms with Gasteiger partial charge in [-0.05, 0) is 37.8 Å². The highest BCUT2D eigenvalue weighted by molar-refractivity contribution is 8.00. The summed E-state index contributed by atoms with van der Waals surface area (Å²) in [5, 5.41) is 13.2. The fourth-order valence-electron chi connectivity index (χ4n) is 3.67. The van der Waals surface area contributed by atoms with Crippen molar-refractivity contribution in [2.45, 2.75) is 55.9 Å². The van der Waals surface area contributed by atoms with Gasteiger partial charge in [0.2, 0.25) is 5.91 Å². The Morgan fingerprint density at radius 3 is 2.86 bits per heavy atom. The fraction of sp³-hybridized carbons (Fsp3) is 0.579. The maximum atomic E-state index is 12.0. The number of nitrogens with one attached hydrogen (secondary N) is 3. The van der Waals surface area contributed by atoms with E-state index in [1.54, 1.807) is 12.4 Å². The van der Waals surface area contributed by atoms with E-state index in [0.717, 1.165) is 42.7 Å². The maximum Gasteiger partial charge on any atom is 0.315 e. The third-order valence-electron chi connectivity index (χ3n) is 5.16. The molecule has 2 fully saturated rings. The second-order valence-electron chi connectivity index (χ2n) is 7.13. The number of amides is 3. The van der Waals surface area contributed by atoms with Gasteiger partial charge in [0.1, 0.15) is 0 Å². The van der Waals surface area contributed by atoms with E-state index in [4.69, 9.17) is 5.84 Å². The Balaban J connectivity index is 1.25. The van der Waals surface area contributed by atoms with E-state index in [1.807, 2.05) is 23.9 Å². The van der Waals surface area contributed by atoms with Crippen molar-refractivity contribution in [3.05, 3.63) is 30.1 Å². The first-order valence-corrected chi connectivity index (χ1v) is 10.8. The van der Waals surface area contributed by atoms with Crippen LogP contribution in [0, 0.1) is 0 Å². The summed E-state index contributed by atoms with van der Waals surface area (Å²) in [6, 6.07) is 4.21. The summed E-state index contributed by atoms with van der Waals surface area (Å²) in [5.74, 6) is 6.53. The number of unbranched alkanes of at least 4 members (excludes halogenated alkanes) is 1. The van der Waals surface area contributed by atoms with Crippen molar-refractivity contribution in [2.24, 2.45) is 10.9 Å². The molecule has 1 aromatic heterocycles. The Hall–Kier alpha value is -2.29. The van der Waals surface area contributed by atoms with E-state index in [9.17, 15) is 9.59 Å². The smallest absolute Gasteiger partial charge is 0.315 e. The molecular weight excluding hydrogens is 376 g/mol. The average molecular weight is 405 g/mol. The van der Waals surface area contributed by atoms with Crippen LogP contribution >= 0.6 is 11.8 Å². The van der Waals surface area contributed by atoms with Crippen LogP contribution in [0.5, 0.6) is 0 Å². The van der Waals surface area contributed by atoms with Gasteiger partial charge in [-0.1, -0.05) is 6.42 Å². The molecule has 3 atom stereocenters. The van der Waals surface area contributed by atoms with Gasteiger partial charge >= 0.3 is 6.03 Å². The average Bonchev–Trinajstić information content (AvgIpc) is 3.25. The number of fused-ring (bicyclic) bond motifs is 1. The van der Waals surface area contributed by atoms with Crippen molar-refractivity contribution in [3.63, 3.8) is 0 Å². The number of aromatic nitrogens is 1. The highest BCUT2D eigenvalue weighted by Crippen LogP contribution is 2.33. The van der Waals surface area contributed by atoms with Crippen molar-refractivity contribution in [1.29, 1.82) is 0 Å². The molecule has 28 heavy (non-hydrogen) atoms. The lowest BCUT2D eigenvalue weighted by molar-refractivity contribution is -0.121. The molecule has 2 saturated heterocycles. The molecule has 3 unspecified atom stereocenters. The van der Waals surface area contributed by atoms with Gasteiger partial charge in [0.15, 0.2) is 0 Å². The van der Waals surface area contributed by atoms with Gasteiger partial charge in [-0.25, -0.2) is 4.79 Å². The second kappa shape index (κ2) is 10.3. The van der Waals surface area contributed by atoms with Crippen LogP contribution in [0.1, 0.15) is 44.1 Å². The van der Waals surface area contributed by atoms with Gasteiger partial charge in [0, 0.05) is 41.9 Å². The molecule has 3 amide bonds. The molecule has 0 saturated carbocycles. The Morgan fingerprint density at radius 2 is 2.07 bits per heavy atom. The lowest BCUT2D eigenvalue weighted by atomic mass is 10.0. The quantitative estimate of drug-likeness (QED) is 0.154. The van der Waals surface area contributed by atoms with E-state index in [-0.39, 0.29) is 24.0 Å². The van der Waals surface area contributed by atoms with E-state index < -0.39 is 0 Å². The Labute approximate surface area is 169 Å². The van der Waals surface area contributed by atoms with Crippen molar-refractivity contribution < 1.29 is 9.59 Å². The molecule has 5 N–H and O–H groups in total.